The number of anilines is 1. The topological polar surface area (TPSA) is 37.4 Å². The number of Topliss-reactive ketones (excluding diaryl/α,β-unsaturated/α-hetero) is 1. The zero-order valence-corrected chi connectivity index (χ0v) is 9.80. The third kappa shape index (κ3) is 2.71. The van der Waals surface area contributed by atoms with E-state index in [9.17, 15) is 14.0 Å². The number of hydrogen-bond acceptors (Lipinski definition) is 2. The van der Waals surface area contributed by atoms with Crippen LogP contribution in [0.4, 0.5) is 10.1 Å². The number of rotatable bonds is 4. The van der Waals surface area contributed by atoms with Crippen molar-refractivity contribution in [2.45, 2.75) is 4.84 Å². The predicted molar refractivity (Wildman–Crippen MR) is 60.7 cm³/mol. The van der Waals surface area contributed by atoms with Gasteiger partial charge >= 0.3 is 0 Å². The van der Waals surface area contributed by atoms with Gasteiger partial charge in [0, 0.05) is 12.6 Å². The molecule has 0 aliphatic rings. The Balaban J connectivity index is 3.27. The van der Waals surface area contributed by atoms with Gasteiger partial charge in [0.2, 0.25) is 6.41 Å². The number of carbonyl (C=O) groups excluding carboxylic acids is 2. The molecule has 0 bridgehead atoms. The molecule has 86 valence electrons. The van der Waals surface area contributed by atoms with Crippen LogP contribution in [0.1, 0.15) is 10.4 Å². The van der Waals surface area contributed by atoms with E-state index in [1.165, 1.54) is 13.1 Å². The molecule has 0 N–H and O–H groups in total. The van der Waals surface area contributed by atoms with Crippen molar-refractivity contribution >= 4 is 41.1 Å². The first-order chi connectivity index (χ1) is 7.47. The highest BCUT2D eigenvalue weighted by Crippen LogP contribution is 2.23. The zero-order chi connectivity index (χ0) is 12.3. The van der Waals surface area contributed by atoms with Crippen LogP contribution in [0.3, 0.4) is 0 Å². The number of benzene rings is 1. The van der Waals surface area contributed by atoms with Gasteiger partial charge < -0.3 is 4.90 Å². The first-order valence-corrected chi connectivity index (χ1v) is 5.14. The van der Waals surface area contributed by atoms with E-state index in [-0.39, 0.29) is 11.3 Å². The van der Waals surface area contributed by atoms with Crippen LogP contribution in [0.2, 0.25) is 0 Å². The summed E-state index contributed by atoms with van der Waals surface area (Å²) in [5.74, 6) is -1.13. The molecule has 0 unspecified atom stereocenters. The summed E-state index contributed by atoms with van der Waals surface area (Å²) in [6, 6.07) is 3.41. The lowest BCUT2D eigenvalue weighted by Crippen LogP contribution is -2.19. The number of halogens is 3. The van der Waals surface area contributed by atoms with Gasteiger partial charge in [0.25, 0.3) is 0 Å². The minimum atomic E-state index is -1.25. The number of nitrogens with zero attached hydrogens (tertiary/aromatic N) is 1. The largest absolute Gasteiger partial charge is 0.317 e. The van der Waals surface area contributed by atoms with Crippen LogP contribution in [0.25, 0.3) is 0 Å². The van der Waals surface area contributed by atoms with Crippen molar-refractivity contribution < 1.29 is 14.0 Å². The van der Waals surface area contributed by atoms with Crippen molar-refractivity contribution in [1.82, 2.24) is 0 Å². The number of alkyl halides is 2. The van der Waals surface area contributed by atoms with Crippen molar-refractivity contribution in [3.63, 3.8) is 0 Å². The normalized spacial score (nSPS) is 10.3. The van der Waals surface area contributed by atoms with Crippen LogP contribution >= 0.6 is 23.2 Å². The molecule has 3 nitrogen and oxygen atoms in total. The van der Waals surface area contributed by atoms with E-state index in [0.717, 1.165) is 17.0 Å². The van der Waals surface area contributed by atoms with Crippen LogP contribution < -0.4 is 4.90 Å². The Hall–Kier alpha value is -1.13. The van der Waals surface area contributed by atoms with Gasteiger partial charge in [0.05, 0.1) is 5.69 Å². The van der Waals surface area contributed by atoms with Gasteiger partial charge in [-0.05, 0) is 18.2 Å². The van der Waals surface area contributed by atoms with Crippen molar-refractivity contribution in [1.29, 1.82) is 0 Å². The van der Waals surface area contributed by atoms with Crippen LogP contribution in [0, 0.1) is 5.82 Å². The summed E-state index contributed by atoms with van der Waals surface area (Å²) in [5, 5.41) is 0. The molecule has 0 radical (unpaired) electrons. The van der Waals surface area contributed by atoms with Gasteiger partial charge in [-0.25, -0.2) is 4.39 Å². The molecule has 0 spiro atoms. The Kier molecular flexibility index (Phi) is 4.26. The number of amides is 1. The summed E-state index contributed by atoms with van der Waals surface area (Å²) in [5.41, 5.74) is 0.234. The van der Waals surface area contributed by atoms with Crippen molar-refractivity contribution in [3.8, 4) is 0 Å². The molecule has 0 atom stereocenters. The maximum absolute atomic E-state index is 13.0. The second kappa shape index (κ2) is 5.27. The Morgan fingerprint density at radius 3 is 2.62 bits per heavy atom. The first kappa shape index (κ1) is 12.9. The molecule has 0 heterocycles. The third-order valence-electron chi connectivity index (χ3n) is 1.96. The van der Waals surface area contributed by atoms with E-state index in [1.54, 1.807) is 0 Å². The van der Waals surface area contributed by atoms with Gasteiger partial charge in [-0.15, -0.1) is 0 Å². The van der Waals surface area contributed by atoms with Crippen molar-refractivity contribution in [2.75, 3.05) is 11.9 Å². The van der Waals surface area contributed by atoms with Crippen LogP contribution in [0.5, 0.6) is 0 Å². The van der Waals surface area contributed by atoms with E-state index in [4.69, 9.17) is 23.2 Å². The highest BCUT2D eigenvalue weighted by molar-refractivity contribution is 6.55. The predicted octanol–water partition coefficient (Wildman–Crippen LogP) is 2.40. The van der Waals surface area contributed by atoms with Crippen molar-refractivity contribution in [2.24, 2.45) is 0 Å². The van der Waals surface area contributed by atoms with E-state index in [1.807, 2.05) is 0 Å². The fourth-order valence-electron chi connectivity index (χ4n) is 1.18. The van der Waals surface area contributed by atoms with E-state index in [2.05, 4.69) is 0 Å². The molecule has 16 heavy (non-hydrogen) atoms. The average Bonchev–Trinajstić information content (AvgIpc) is 2.26. The minimum Gasteiger partial charge on any atom is -0.317 e. The van der Waals surface area contributed by atoms with Crippen LogP contribution in [-0.2, 0) is 4.79 Å². The fourth-order valence-corrected chi connectivity index (χ4v) is 1.41. The lowest BCUT2D eigenvalue weighted by atomic mass is 10.1. The SMILES string of the molecule is CN(C=O)c1cc(F)ccc1C(=O)C(Cl)Cl. The molecule has 1 aromatic carbocycles. The first-order valence-electron chi connectivity index (χ1n) is 4.27. The summed E-state index contributed by atoms with van der Waals surface area (Å²) in [6.07, 6.45) is 0.461. The molecule has 0 aliphatic heterocycles. The number of ketones is 1. The summed E-state index contributed by atoms with van der Waals surface area (Å²) in [4.78, 5) is 22.0. The van der Waals surface area contributed by atoms with E-state index in [0.29, 0.717) is 6.41 Å². The molecule has 1 aromatic rings. The Bertz CT molecular complexity index is 423. The Morgan fingerprint density at radius 1 is 1.50 bits per heavy atom. The molecule has 1 amide bonds. The van der Waals surface area contributed by atoms with Gasteiger partial charge in [0.1, 0.15) is 5.82 Å². The summed E-state index contributed by atoms with van der Waals surface area (Å²) >= 11 is 10.9. The second-order valence-corrected chi connectivity index (χ2v) is 4.14. The molecule has 6 heteroatoms. The van der Waals surface area contributed by atoms with Gasteiger partial charge in [0.15, 0.2) is 10.6 Å². The van der Waals surface area contributed by atoms with E-state index < -0.39 is 16.4 Å². The third-order valence-corrected chi connectivity index (χ3v) is 2.36. The summed E-state index contributed by atoms with van der Waals surface area (Å²) < 4.78 is 13.0. The smallest absolute Gasteiger partial charge is 0.213 e. The van der Waals surface area contributed by atoms with Gasteiger partial charge in [-0.2, -0.15) is 0 Å². The second-order valence-electron chi connectivity index (χ2n) is 3.04. The molecule has 1 rings (SSSR count). The average molecular weight is 264 g/mol. The van der Waals surface area contributed by atoms with Crippen LogP contribution in [0.15, 0.2) is 18.2 Å². The lowest BCUT2D eigenvalue weighted by Gasteiger charge is -2.15. The molecule has 0 fully saturated rings. The van der Waals surface area contributed by atoms with Gasteiger partial charge in [-0.3, -0.25) is 9.59 Å². The standard InChI is InChI=1S/C10H8Cl2FNO2/c1-14(5-15)8-4-6(13)2-3-7(8)9(16)10(11)12/h2-5,10H,1H3. The highest BCUT2D eigenvalue weighted by Gasteiger charge is 2.20. The molecule has 0 saturated carbocycles. The minimum absolute atomic E-state index is 0.103. The zero-order valence-electron chi connectivity index (χ0n) is 8.28. The Labute approximate surface area is 102 Å². The lowest BCUT2D eigenvalue weighted by molar-refractivity contribution is -0.107. The van der Waals surface area contributed by atoms with E-state index >= 15 is 0 Å². The quantitative estimate of drug-likeness (QED) is 0.475. The molecule has 0 aliphatic carbocycles. The summed E-state index contributed by atoms with van der Waals surface area (Å²) in [6.45, 7) is 0. The Morgan fingerprint density at radius 2 is 2.12 bits per heavy atom. The van der Waals surface area contributed by atoms with Crippen molar-refractivity contribution in [3.05, 3.63) is 29.6 Å². The molecular weight excluding hydrogens is 256 g/mol. The maximum Gasteiger partial charge on any atom is 0.213 e. The fraction of sp³-hybridized carbons (Fsp3) is 0.200. The highest BCUT2D eigenvalue weighted by atomic mass is 35.5. The number of hydrogen-bond donors (Lipinski definition) is 0. The van der Waals surface area contributed by atoms with Crippen LogP contribution in [-0.4, -0.2) is 24.1 Å². The maximum atomic E-state index is 13.0. The number of carbonyl (C=O) groups is 2. The molecule has 0 saturated heterocycles. The molecular formula is C10H8Cl2FNO2. The monoisotopic (exact) mass is 263 g/mol. The van der Waals surface area contributed by atoms with Gasteiger partial charge in [-0.1, -0.05) is 23.2 Å². The molecule has 0 aromatic heterocycles. The summed E-state index contributed by atoms with van der Waals surface area (Å²) in [7, 11) is 1.40.